The summed E-state index contributed by atoms with van der Waals surface area (Å²) < 4.78 is 0. The molecule has 1 aromatic carbocycles. The van der Waals surface area contributed by atoms with E-state index >= 15 is 0 Å². The van der Waals surface area contributed by atoms with Crippen LogP contribution >= 0.6 is 0 Å². The van der Waals surface area contributed by atoms with E-state index in [4.69, 9.17) is 15.9 Å². The number of benzene rings is 1. The number of aromatic amines is 1. The first-order valence-electron chi connectivity index (χ1n) is 5.30. The number of hydrogen-bond donors (Lipinski definition) is 4. The van der Waals surface area contributed by atoms with Gasteiger partial charge in [-0.2, -0.15) is 0 Å². The van der Waals surface area contributed by atoms with Gasteiger partial charge in [0.05, 0.1) is 5.56 Å². The van der Waals surface area contributed by atoms with E-state index in [-0.39, 0.29) is 12.0 Å². The molecule has 0 saturated heterocycles. The number of carboxylic acids is 2. The highest BCUT2D eigenvalue weighted by Crippen LogP contribution is 2.21. The fraction of sp³-hybridized carbons (Fsp3) is 0.167. The van der Waals surface area contributed by atoms with Gasteiger partial charge in [0.2, 0.25) is 0 Å². The first-order chi connectivity index (χ1) is 8.49. The molecule has 1 atom stereocenters. The molecule has 94 valence electrons. The highest BCUT2D eigenvalue weighted by molar-refractivity contribution is 5.94. The van der Waals surface area contributed by atoms with Crippen molar-refractivity contribution in [2.24, 2.45) is 5.73 Å². The largest absolute Gasteiger partial charge is 0.480 e. The molecule has 0 amide bonds. The van der Waals surface area contributed by atoms with E-state index in [1.54, 1.807) is 12.3 Å². The average molecular weight is 248 g/mol. The lowest BCUT2D eigenvalue weighted by Gasteiger charge is -2.05. The molecule has 1 aromatic heterocycles. The number of fused-ring (bicyclic) bond motifs is 1. The number of aromatic nitrogens is 1. The third-order valence-corrected chi connectivity index (χ3v) is 2.77. The number of carboxylic acid groups (broad SMARTS) is 2. The second-order valence-corrected chi connectivity index (χ2v) is 4.03. The van der Waals surface area contributed by atoms with Crippen molar-refractivity contribution in [3.8, 4) is 0 Å². The van der Waals surface area contributed by atoms with Crippen LogP contribution in [0.3, 0.4) is 0 Å². The van der Waals surface area contributed by atoms with Crippen molar-refractivity contribution in [1.29, 1.82) is 0 Å². The number of nitrogens with one attached hydrogen (secondary N) is 1. The summed E-state index contributed by atoms with van der Waals surface area (Å²) >= 11 is 0. The molecule has 0 radical (unpaired) electrons. The smallest absolute Gasteiger partial charge is 0.335 e. The lowest BCUT2D eigenvalue weighted by atomic mass is 10.0. The lowest BCUT2D eigenvalue weighted by molar-refractivity contribution is -0.138. The Hall–Kier alpha value is -2.34. The molecule has 1 heterocycles. The van der Waals surface area contributed by atoms with Gasteiger partial charge >= 0.3 is 11.9 Å². The van der Waals surface area contributed by atoms with Crippen molar-refractivity contribution < 1.29 is 19.8 Å². The quantitative estimate of drug-likeness (QED) is 0.639. The standard InChI is InChI=1S/C12H12N2O4/c13-9(12(17)18)4-7-5-14-10-2-1-6(11(15)16)3-8(7)10/h1-3,5,9,14H,4,13H2,(H,15,16)(H,17,18)/t9-/m0/s1. The summed E-state index contributed by atoms with van der Waals surface area (Å²) in [5.74, 6) is -2.11. The summed E-state index contributed by atoms with van der Waals surface area (Å²) in [6.45, 7) is 0. The minimum atomic E-state index is -1.08. The molecule has 2 aromatic rings. The summed E-state index contributed by atoms with van der Waals surface area (Å²) in [4.78, 5) is 24.5. The lowest BCUT2D eigenvalue weighted by Crippen LogP contribution is -2.32. The van der Waals surface area contributed by atoms with Crippen LogP contribution in [0.1, 0.15) is 15.9 Å². The number of nitrogens with two attached hydrogens (primary N) is 1. The predicted octanol–water partition coefficient (Wildman–Crippen LogP) is 0.821. The van der Waals surface area contributed by atoms with Crippen molar-refractivity contribution in [2.45, 2.75) is 12.5 Å². The van der Waals surface area contributed by atoms with Crippen LogP contribution in [0.4, 0.5) is 0 Å². The second-order valence-electron chi connectivity index (χ2n) is 4.03. The Balaban J connectivity index is 2.42. The van der Waals surface area contributed by atoms with E-state index in [0.717, 1.165) is 5.52 Å². The van der Waals surface area contributed by atoms with Gasteiger partial charge in [-0.25, -0.2) is 4.79 Å². The van der Waals surface area contributed by atoms with Gasteiger partial charge in [0.25, 0.3) is 0 Å². The minimum Gasteiger partial charge on any atom is -0.480 e. The summed E-state index contributed by atoms with van der Waals surface area (Å²) in [5.41, 5.74) is 7.08. The van der Waals surface area contributed by atoms with Crippen molar-refractivity contribution in [2.75, 3.05) is 0 Å². The monoisotopic (exact) mass is 248 g/mol. The van der Waals surface area contributed by atoms with Crippen molar-refractivity contribution >= 4 is 22.8 Å². The molecule has 0 aliphatic rings. The molecule has 0 unspecified atom stereocenters. The van der Waals surface area contributed by atoms with Gasteiger partial charge < -0.3 is 20.9 Å². The molecule has 0 spiro atoms. The first-order valence-corrected chi connectivity index (χ1v) is 5.30. The highest BCUT2D eigenvalue weighted by atomic mass is 16.4. The molecule has 0 aliphatic carbocycles. The molecule has 6 heteroatoms. The molecule has 2 rings (SSSR count). The minimum absolute atomic E-state index is 0.151. The molecule has 6 nitrogen and oxygen atoms in total. The fourth-order valence-corrected chi connectivity index (χ4v) is 1.80. The topological polar surface area (TPSA) is 116 Å². The van der Waals surface area contributed by atoms with E-state index in [2.05, 4.69) is 4.98 Å². The van der Waals surface area contributed by atoms with Crippen LogP contribution in [0.25, 0.3) is 10.9 Å². The van der Waals surface area contributed by atoms with E-state index in [0.29, 0.717) is 10.9 Å². The zero-order valence-electron chi connectivity index (χ0n) is 9.38. The van der Waals surface area contributed by atoms with Gasteiger partial charge in [0.15, 0.2) is 0 Å². The predicted molar refractivity (Wildman–Crippen MR) is 64.6 cm³/mol. The van der Waals surface area contributed by atoms with Crippen molar-refractivity contribution in [3.05, 3.63) is 35.5 Å². The Morgan fingerprint density at radius 1 is 1.33 bits per heavy atom. The molecular weight excluding hydrogens is 236 g/mol. The van der Waals surface area contributed by atoms with Crippen LogP contribution in [0.5, 0.6) is 0 Å². The Kier molecular flexibility index (Phi) is 3.03. The second kappa shape index (κ2) is 4.50. The third-order valence-electron chi connectivity index (χ3n) is 2.77. The van der Waals surface area contributed by atoms with E-state index in [9.17, 15) is 9.59 Å². The zero-order valence-corrected chi connectivity index (χ0v) is 9.38. The molecule has 0 saturated carbocycles. The van der Waals surface area contributed by atoms with Crippen LogP contribution in [0, 0.1) is 0 Å². The van der Waals surface area contributed by atoms with E-state index in [1.807, 2.05) is 0 Å². The van der Waals surface area contributed by atoms with Crippen LogP contribution in [-0.4, -0.2) is 33.2 Å². The highest BCUT2D eigenvalue weighted by Gasteiger charge is 2.15. The molecule has 5 N–H and O–H groups in total. The summed E-state index contributed by atoms with van der Waals surface area (Å²) in [6, 6.07) is 3.65. The molecule has 0 fully saturated rings. The van der Waals surface area contributed by atoms with E-state index in [1.165, 1.54) is 12.1 Å². The normalized spacial score (nSPS) is 12.5. The number of aromatic carboxylic acids is 1. The van der Waals surface area contributed by atoms with Crippen LogP contribution in [0.15, 0.2) is 24.4 Å². The number of aliphatic carboxylic acids is 1. The average Bonchev–Trinajstić information content (AvgIpc) is 2.71. The first kappa shape index (κ1) is 12.1. The Morgan fingerprint density at radius 3 is 2.67 bits per heavy atom. The third kappa shape index (κ3) is 2.18. The van der Waals surface area contributed by atoms with Crippen LogP contribution in [-0.2, 0) is 11.2 Å². The Bertz CT molecular complexity index is 618. The molecule has 0 aliphatic heterocycles. The van der Waals surface area contributed by atoms with Gasteiger partial charge in [0.1, 0.15) is 6.04 Å². The maximum Gasteiger partial charge on any atom is 0.335 e. The molecular formula is C12H12N2O4. The Labute approximate surface area is 102 Å². The summed E-state index contributed by atoms with van der Waals surface area (Å²) in [7, 11) is 0. The summed E-state index contributed by atoms with van der Waals surface area (Å²) in [5, 5.41) is 18.4. The number of rotatable bonds is 4. The van der Waals surface area contributed by atoms with Gasteiger partial charge in [-0.05, 0) is 23.8 Å². The molecule has 18 heavy (non-hydrogen) atoms. The van der Waals surface area contributed by atoms with E-state index < -0.39 is 18.0 Å². The van der Waals surface area contributed by atoms with Gasteiger partial charge in [-0.1, -0.05) is 0 Å². The number of carbonyl (C=O) groups is 2. The van der Waals surface area contributed by atoms with Gasteiger partial charge in [-0.15, -0.1) is 0 Å². The zero-order chi connectivity index (χ0) is 13.3. The van der Waals surface area contributed by atoms with Gasteiger partial charge in [0, 0.05) is 23.5 Å². The SMILES string of the molecule is N[C@@H](Cc1c[nH]c2ccc(C(=O)O)cc12)C(=O)O. The maximum atomic E-state index is 10.9. The fourth-order valence-electron chi connectivity index (χ4n) is 1.80. The van der Waals surface area contributed by atoms with Gasteiger partial charge in [-0.3, -0.25) is 4.79 Å². The number of hydrogen-bond acceptors (Lipinski definition) is 3. The summed E-state index contributed by atoms with van der Waals surface area (Å²) in [6.07, 6.45) is 1.80. The molecule has 0 bridgehead atoms. The maximum absolute atomic E-state index is 10.9. The van der Waals surface area contributed by atoms with Crippen molar-refractivity contribution in [1.82, 2.24) is 4.98 Å². The van der Waals surface area contributed by atoms with Crippen LogP contribution in [0.2, 0.25) is 0 Å². The van der Waals surface area contributed by atoms with Crippen molar-refractivity contribution in [3.63, 3.8) is 0 Å². The number of H-pyrrole nitrogens is 1. The Morgan fingerprint density at radius 2 is 2.06 bits per heavy atom. The van der Waals surface area contributed by atoms with Crippen LogP contribution < -0.4 is 5.73 Å².